The standard InChI is InChI=1S/C11H11F3O/c1-3-15-10(2,11(12,13)14)9-7-5-4-6-8-9/h3-8H,1H2,2H3. The smallest absolute Gasteiger partial charge is 0.432 e. The molecule has 0 amide bonds. The van der Waals surface area contributed by atoms with Gasteiger partial charge in [0, 0.05) is 5.56 Å². The van der Waals surface area contributed by atoms with Gasteiger partial charge in [-0.25, -0.2) is 0 Å². The first-order valence-corrected chi connectivity index (χ1v) is 4.33. The Kier molecular flexibility index (Phi) is 3.07. The lowest BCUT2D eigenvalue weighted by Crippen LogP contribution is -2.40. The van der Waals surface area contributed by atoms with Crippen LogP contribution in [0.25, 0.3) is 0 Å². The summed E-state index contributed by atoms with van der Waals surface area (Å²) in [5.74, 6) is 0. The minimum absolute atomic E-state index is 0.0531. The predicted octanol–water partition coefficient (Wildman–Crippen LogP) is 3.62. The lowest BCUT2D eigenvalue weighted by atomic mass is 9.95. The van der Waals surface area contributed by atoms with Crippen LogP contribution in [0.1, 0.15) is 12.5 Å². The van der Waals surface area contributed by atoms with Gasteiger partial charge in [-0.3, -0.25) is 0 Å². The van der Waals surface area contributed by atoms with E-state index in [9.17, 15) is 13.2 Å². The molecule has 15 heavy (non-hydrogen) atoms. The van der Waals surface area contributed by atoms with Crippen LogP contribution in [-0.2, 0) is 10.3 Å². The van der Waals surface area contributed by atoms with Crippen molar-refractivity contribution in [3.63, 3.8) is 0 Å². The molecule has 0 aliphatic heterocycles. The number of rotatable bonds is 3. The molecule has 0 aromatic heterocycles. The average molecular weight is 216 g/mol. The molecule has 4 heteroatoms. The van der Waals surface area contributed by atoms with E-state index in [0.29, 0.717) is 0 Å². The molecular weight excluding hydrogens is 205 g/mol. The van der Waals surface area contributed by atoms with Crippen LogP contribution in [0.3, 0.4) is 0 Å². The summed E-state index contributed by atoms with van der Waals surface area (Å²) in [5, 5.41) is 0. The number of ether oxygens (including phenoxy) is 1. The van der Waals surface area contributed by atoms with E-state index in [4.69, 9.17) is 0 Å². The third kappa shape index (κ3) is 2.14. The Morgan fingerprint density at radius 3 is 2.13 bits per heavy atom. The summed E-state index contributed by atoms with van der Waals surface area (Å²) >= 11 is 0. The Morgan fingerprint density at radius 2 is 1.73 bits per heavy atom. The van der Waals surface area contributed by atoms with E-state index in [0.717, 1.165) is 13.2 Å². The zero-order valence-electron chi connectivity index (χ0n) is 8.21. The van der Waals surface area contributed by atoms with Crippen LogP contribution in [0.5, 0.6) is 0 Å². The van der Waals surface area contributed by atoms with Crippen molar-refractivity contribution in [2.24, 2.45) is 0 Å². The molecule has 1 rings (SSSR count). The van der Waals surface area contributed by atoms with E-state index in [-0.39, 0.29) is 5.56 Å². The molecule has 0 radical (unpaired) electrons. The maximum absolute atomic E-state index is 12.8. The van der Waals surface area contributed by atoms with Crippen molar-refractivity contribution in [3.05, 3.63) is 48.7 Å². The summed E-state index contributed by atoms with van der Waals surface area (Å²) in [6, 6.07) is 7.46. The van der Waals surface area contributed by atoms with Crippen LogP contribution >= 0.6 is 0 Å². The van der Waals surface area contributed by atoms with Gasteiger partial charge in [0.15, 0.2) is 0 Å². The van der Waals surface area contributed by atoms with Gasteiger partial charge in [-0.05, 0) is 6.92 Å². The molecule has 0 bridgehead atoms. The molecule has 1 aromatic carbocycles. The summed E-state index contributed by atoms with van der Waals surface area (Å²) in [6.07, 6.45) is -3.68. The van der Waals surface area contributed by atoms with Crippen molar-refractivity contribution in [1.29, 1.82) is 0 Å². The average Bonchev–Trinajstić information content (AvgIpc) is 2.18. The SMILES string of the molecule is C=COC(C)(c1ccccc1)C(F)(F)F. The number of hydrogen-bond donors (Lipinski definition) is 0. The van der Waals surface area contributed by atoms with Gasteiger partial charge in [0.05, 0.1) is 6.26 Å². The van der Waals surface area contributed by atoms with Gasteiger partial charge in [-0.1, -0.05) is 36.9 Å². The van der Waals surface area contributed by atoms with Crippen molar-refractivity contribution in [2.45, 2.75) is 18.7 Å². The summed E-state index contributed by atoms with van der Waals surface area (Å²) in [5.41, 5.74) is -2.28. The maximum atomic E-state index is 12.8. The van der Waals surface area contributed by atoms with Crippen molar-refractivity contribution in [2.75, 3.05) is 0 Å². The van der Waals surface area contributed by atoms with E-state index in [1.54, 1.807) is 6.07 Å². The highest BCUT2D eigenvalue weighted by atomic mass is 19.4. The molecule has 0 saturated carbocycles. The third-order valence-electron chi connectivity index (χ3n) is 2.18. The highest BCUT2D eigenvalue weighted by Crippen LogP contribution is 2.41. The highest BCUT2D eigenvalue weighted by Gasteiger charge is 2.54. The molecule has 0 heterocycles. The molecule has 0 aliphatic carbocycles. The Hall–Kier alpha value is -1.45. The fourth-order valence-corrected chi connectivity index (χ4v) is 1.22. The van der Waals surface area contributed by atoms with Gasteiger partial charge >= 0.3 is 6.18 Å². The lowest BCUT2D eigenvalue weighted by Gasteiger charge is -2.31. The van der Waals surface area contributed by atoms with Crippen LogP contribution in [-0.4, -0.2) is 6.18 Å². The number of halogens is 3. The Bertz CT molecular complexity index is 331. The summed E-state index contributed by atoms with van der Waals surface area (Å²) < 4.78 is 43.0. The number of hydrogen-bond acceptors (Lipinski definition) is 1. The molecular formula is C11H11F3O. The Balaban J connectivity index is 3.18. The molecule has 1 unspecified atom stereocenters. The molecule has 0 saturated heterocycles. The highest BCUT2D eigenvalue weighted by molar-refractivity contribution is 5.23. The molecule has 0 spiro atoms. The zero-order chi connectivity index (χ0) is 11.5. The van der Waals surface area contributed by atoms with E-state index in [1.165, 1.54) is 24.3 Å². The predicted molar refractivity (Wildman–Crippen MR) is 51.1 cm³/mol. The third-order valence-corrected chi connectivity index (χ3v) is 2.18. The van der Waals surface area contributed by atoms with E-state index < -0.39 is 11.8 Å². The molecule has 0 N–H and O–H groups in total. The molecule has 1 nitrogen and oxygen atoms in total. The summed E-state index contributed by atoms with van der Waals surface area (Å²) in [7, 11) is 0. The van der Waals surface area contributed by atoms with Crippen LogP contribution in [0.4, 0.5) is 13.2 Å². The summed E-state index contributed by atoms with van der Waals surface area (Å²) in [4.78, 5) is 0. The minimum Gasteiger partial charge on any atom is -0.482 e. The van der Waals surface area contributed by atoms with Crippen LogP contribution in [0.2, 0.25) is 0 Å². The van der Waals surface area contributed by atoms with E-state index in [1.807, 2.05) is 0 Å². The minimum atomic E-state index is -4.48. The van der Waals surface area contributed by atoms with Crippen LogP contribution in [0, 0.1) is 0 Å². The lowest BCUT2D eigenvalue weighted by molar-refractivity contribution is -0.260. The van der Waals surface area contributed by atoms with E-state index >= 15 is 0 Å². The summed E-state index contributed by atoms with van der Waals surface area (Å²) in [6.45, 7) is 4.14. The molecule has 82 valence electrons. The molecule has 0 fully saturated rings. The second-order valence-electron chi connectivity index (χ2n) is 3.18. The molecule has 0 aliphatic rings. The number of benzene rings is 1. The van der Waals surface area contributed by atoms with Gasteiger partial charge < -0.3 is 4.74 Å². The normalized spacial score (nSPS) is 15.5. The van der Waals surface area contributed by atoms with Crippen LogP contribution in [0.15, 0.2) is 43.2 Å². The van der Waals surface area contributed by atoms with Gasteiger partial charge in [0.1, 0.15) is 0 Å². The number of alkyl halides is 3. The molecule has 1 atom stereocenters. The van der Waals surface area contributed by atoms with Crippen molar-refractivity contribution >= 4 is 0 Å². The monoisotopic (exact) mass is 216 g/mol. The topological polar surface area (TPSA) is 9.23 Å². The van der Waals surface area contributed by atoms with Gasteiger partial charge in [0.2, 0.25) is 5.60 Å². The molecule has 1 aromatic rings. The second-order valence-corrected chi connectivity index (χ2v) is 3.18. The second kappa shape index (κ2) is 3.96. The van der Waals surface area contributed by atoms with Crippen molar-refractivity contribution in [3.8, 4) is 0 Å². The maximum Gasteiger partial charge on any atom is 0.432 e. The largest absolute Gasteiger partial charge is 0.482 e. The van der Waals surface area contributed by atoms with Crippen molar-refractivity contribution < 1.29 is 17.9 Å². The first kappa shape index (κ1) is 11.6. The Morgan fingerprint density at radius 1 is 1.20 bits per heavy atom. The Labute approximate surface area is 86.2 Å². The first-order valence-electron chi connectivity index (χ1n) is 4.33. The van der Waals surface area contributed by atoms with Gasteiger partial charge in [0.25, 0.3) is 0 Å². The quantitative estimate of drug-likeness (QED) is 0.701. The van der Waals surface area contributed by atoms with Gasteiger partial charge in [-0.15, -0.1) is 0 Å². The first-order chi connectivity index (χ1) is 6.92. The van der Waals surface area contributed by atoms with Gasteiger partial charge in [-0.2, -0.15) is 13.2 Å². The van der Waals surface area contributed by atoms with Crippen LogP contribution < -0.4 is 0 Å². The fraction of sp³-hybridized carbons (Fsp3) is 0.273. The van der Waals surface area contributed by atoms with Crippen molar-refractivity contribution in [1.82, 2.24) is 0 Å². The fourth-order valence-electron chi connectivity index (χ4n) is 1.22. The van der Waals surface area contributed by atoms with E-state index in [2.05, 4.69) is 11.3 Å². The zero-order valence-corrected chi connectivity index (χ0v) is 8.21.